The van der Waals surface area contributed by atoms with Gasteiger partial charge in [0, 0.05) is 44.8 Å². The fourth-order valence-electron chi connectivity index (χ4n) is 4.57. The number of piperidine rings is 1. The predicted octanol–water partition coefficient (Wildman–Crippen LogP) is 1.96. The smallest absolute Gasteiger partial charge is 0.290 e. The zero-order valence-corrected chi connectivity index (χ0v) is 16.5. The highest BCUT2D eigenvalue weighted by molar-refractivity contribution is 5.76. The molecule has 3 heterocycles. The standard InChI is InChI=1S/C19H30N4O2.CH2O2/c24-18-6-11-25-19(14-21-18)7-9-22(10-8-19)13-17-12-20-15-23(17)16-4-2-1-3-5-16;2-1-3/h12,15-16H,1-11,13-14H2,(H,21,24);1H,(H,2,3). The number of hydrogen-bond donors (Lipinski definition) is 2. The van der Waals surface area contributed by atoms with Crippen molar-refractivity contribution in [3.63, 3.8) is 0 Å². The lowest BCUT2D eigenvalue weighted by Crippen LogP contribution is -2.50. The maximum Gasteiger partial charge on any atom is 0.290 e. The predicted molar refractivity (Wildman–Crippen MR) is 104 cm³/mol. The van der Waals surface area contributed by atoms with E-state index in [4.69, 9.17) is 14.6 Å². The first-order valence-electron chi connectivity index (χ1n) is 10.4. The fourth-order valence-corrected chi connectivity index (χ4v) is 4.57. The minimum Gasteiger partial charge on any atom is -0.483 e. The summed E-state index contributed by atoms with van der Waals surface area (Å²) in [4.78, 5) is 26.9. The van der Waals surface area contributed by atoms with Gasteiger partial charge in [-0.25, -0.2) is 4.98 Å². The molecular formula is C20H32N4O4. The Bertz CT molecular complexity index is 634. The molecule has 0 unspecified atom stereocenters. The van der Waals surface area contributed by atoms with Gasteiger partial charge in [0.05, 0.1) is 24.2 Å². The van der Waals surface area contributed by atoms with E-state index in [1.54, 1.807) is 0 Å². The number of carboxylic acid groups (broad SMARTS) is 1. The largest absolute Gasteiger partial charge is 0.483 e. The van der Waals surface area contributed by atoms with Crippen molar-refractivity contribution in [3.8, 4) is 0 Å². The minimum atomic E-state index is -0.250. The van der Waals surface area contributed by atoms with Crippen molar-refractivity contribution in [2.24, 2.45) is 0 Å². The third kappa shape index (κ3) is 5.32. The second kappa shape index (κ2) is 10.0. The van der Waals surface area contributed by atoms with Gasteiger partial charge < -0.3 is 19.7 Å². The third-order valence-electron chi connectivity index (χ3n) is 6.21. The van der Waals surface area contributed by atoms with Gasteiger partial charge in [-0.1, -0.05) is 19.3 Å². The molecule has 28 heavy (non-hydrogen) atoms. The first kappa shape index (κ1) is 20.8. The van der Waals surface area contributed by atoms with Crippen LogP contribution < -0.4 is 5.32 Å². The second-order valence-corrected chi connectivity index (χ2v) is 8.02. The maximum absolute atomic E-state index is 11.6. The molecule has 0 atom stereocenters. The van der Waals surface area contributed by atoms with Crippen LogP contribution in [0.2, 0.25) is 0 Å². The van der Waals surface area contributed by atoms with E-state index in [0.29, 0.717) is 25.6 Å². The molecule has 8 heteroatoms. The molecule has 2 N–H and O–H groups in total. The van der Waals surface area contributed by atoms with Gasteiger partial charge in [0.25, 0.3) is 6.47 Å². The van der Waals surface area contributed by atoms with E-state index in [2.05, 4.69) is 19.8 Å². The van der Waals surface area contributed by atoms with Gasteiger partial charge >= 0.3 is 0 Å². The Labute approximate surface area is 166 Å². The van der Waals surface area contributed by atoms with Gasteiger partial charge in [0.1, 0.15) is 0 Å². The Hall–Kier alpha value is -1.93. The van der Waals surface area contributed by atoms with Crippen LogP contribution in [0, 0.1) is 0 Å². The lowest BCUT2D eigenvalue weighted by Gasteiger charge is -2.41. The van der Waals surface area contributed by atoms with E-state index in [1.807, 2.05) is 12.5 Å². The Kier molecular flexibility index (Phi) is 7.44. The number of nitrogens with one attached hydrogen (secondary N) is 1. The molecule has 156 valence electrons. The minimum absolute atomic E-state index is 0.121. The number of imidazole rings is 1. The molecular weight excluding hydrogens is 360 g/mol. The number of ether oxygens (including phenoxy) is 1. The van der Waals surface area contributed by atoms with Gasteiger partial charge in [0.2, 0.25) is 5.91 Å². The van der Waals surface area contributed by atoms with Crippen LogP contribution in [-0.2, 0) is 20.9 Å². The molecule has 1 saturated carbocycles. The number of carbonyl (C=O) groups excluding carboxylic acids is 1. The molecule has 1 aromatic heterocycles. The van der Waals surface area contributed by atoms with Gasteiger partial charge in [-0.3, -0.25) is 14.5 Å². The molecule has 2 saturated heterocycles. The van der Waals surface area contributed by atoms with Crippen LogP contribution in [-0.4, -0.2) is 63.8 Å². The maximum atomic E-state index is 11.6. The molecule has 2 aliphatic heterocycles. The number of rotatable bonds is 3. The van der Waals surface area contributed by atoms with Crippen LogP contribution in [0.3, 0.4) is 0 Å². The Morgan fingerprint density at radius 1 is 1.29 bits per heavy atom. The van der Waals surface area contributed by atoms with Crippen LogP contribution in [0.25, 0.3) is 0 Å². The van der Waals surface area contributed by atoms with E-state index in [1.165, 1.54) is 37.8 Å². The molecule has 3 aliphatic rings. The Balaban J connectivity index is 0.000000706. The van der Waals surface area contributed by atoms with Crippen molar-refractivity contribution in [2.45, 2.75) is 69.6 Å². The lowest BCUT2D eigenvalue weighted by molar-refractivity contribution is -0.123. The molecule has 1 spiro atoms. The molecule has 0 aromatic carbocycles. The second-order valence-electron chi connectivity index (χ2n) is 8.02. The number of aromatic nitrogens is 2. The first-order valence-corrected chi connectivity index (χ1v) is 10.4. The van der Waals surface area contributed by atoms with E-state index in [9.17, 15) is 4.79 Å². The monoisotopic (exact) mass is 392 g/mol. The Morgan fingerprint density at radius 3 is 2.71 bits per heavy atom. The van der Waals surface area contributed by atoms with E-state index >= 15 is 0 Å². The summed E-state index contributed by atoms with van der Waals surface area (Å²) < 4.78 is 8.50. The topological polar surface area (TPSA) is 96.7 Å². The summed E-state index contributed by atoms with van der Waals surface area (Å²) in [6, 6.07) is 0.641. The van der Waals surface area contributed by atoms with Gasteiger partial charge in [-0.2, -0.15) is 0 Å². The normalized spacial score (nSPS) is 23.4. The summed E-state index contributed by atoms with van der Waals surface area (Å²) in [6.07, 6.45) is 13.2. The fraction of sp³-hybridized carbons (Fsp3) is 0.750. The summed E-state index contributed by atoms with van der Waals surface area (Å²) >= 11 is 0. The van der Waals surface area contributed by atoms with Crippen LogP contribution in [0.4, 0.5) is 0 Å². The highest BCUT2D eigenvalue weighted by Crippen LogP contribution is 2.31. The van der Waals surface area contributed by atoms with Crippen molar-refractivity contribution in [3.05, 3.63) is 18.2 Å². The lowest BCUT2D eigenvalue weighted by atomic mass is 9.91. The van der Waals surface area contributed by atoms with E-state index in [0.717, 1.165) is 32.5 Å². The van der Waals surface area contributed by atoms with Crippen molar-refractivity contribution >= 4 is 12.4 Å². The highest BCUT2D eigenvalue weighted by Gasteiger charge is 2.37. The molecule has 1 aliphatic carbocycles. The summed E-state index contributed by atoms with van der Waals surface area (Å²) in [7, 11) is 0. The SMILES string of the molecule is O=C1CCOC2(CCN(Cc3cncn3C3CCCCC3)CC2)CN1.O=CO. The quantitative estimate of drug-likeness (QED) is 0.764. The van der Waals surface area contributed by atoms with Crippen LogP contribution in [0.15, 0.2) is 12.5 Å². The van der Waals surface area contributed by atoms with Crippen LogP contribution >= 0.6 is 0 Å². The summed E-state index contributed by atoms with van der Waals surface area (Å²) in [5.41, 5.74) is 1.20. The van der Waals surface area contributed by atoms with Crippen molar-refractivity contribution in [1.82, 2.24) is 19.8 Å². The first-order chi connectivity index (χ1) is 13.7. The average molecular weight is 393 g/mol. The zero-order chi connectivity index (χ0) is 19.8. The van der Waals surface area contributed by atoms with Crippen molar-refractivity contribution in [1.29, 1.82) is 0 Å². The zero-order valence-electron chi connectivity index (χ0n) is 16.5. The molecule has 0 bridgehead atoms. The molecule has 4 rings (SSSR count). The summed E-state index contributed by atoms with van der Waals surface area (Å²) in [5.74, 6) is 0.121. The number of nitrogens with zero attached hydrogens (tertiary/aromatic N) is 3. The average Bonchev–Trinajstić information content (AvgIpc) is 3.10. The van der Waals surface area contributed by atoms with Crippen molar-refractivity contribution < 1.29 is 19.4 Å². The van der Waals surface area contributed by atoms with E-state index < -0.39 is 0 Å². The molecule has 1 aromatic rings. The molecule has 0 radical (unpaired) electrons. The van der Waals surface area contributed by atoms with E-state index in [-0.39, 0.29) is 18.0 Å². The number of carbonyl (C=O) groups is 2. The molecule has 8 nitrogen and oxygen atoms in total. The molecule has 1 amide bonds. The highest BCUT2D eigenvalue weighted by atomic mass is 16.5. The van der Waals surface area contributed by atoms with Gasteiger partial charge in [-0.05, 0) is 25.7 Å². The molecule has 3 fully saturated rings. The summed E-state index contributed by atoms with van der Waals surface area (Å²) in [5, 5.41) is 9.91. The number of amides is 1. The van der Waals surface area contributed by atoms with Crippen LogP contribution in [0.5, 0.6) is 0 Å². The van der Waals surface area contributed by atoms with Crippen LogP contribution in [0.1, 0.15) is 63.1 Å². The third-order valence-corrected chi connectivity index (χ3v) is 6.21. The Morgan fingerprint density at radius 2 is 2.00 bits per heavy atom. The van der Waals surface area contributed by atoms with Gasteiger partial charge in [0.15, 0.2) is 0 Å². The van der Waals surface area contributed by atoms with Gasteiger partial charge in [-0.15, -0.1) is 0 Å². The number of likely N-dealkylation sites (tertiary alicyclic amines) is 1. The number of hydrogen-bond acceptors (Lipinski definition) is 5. The summed E-state index contributed by atoms with van der Waals surface area (Å²) in [6.45, 7) is 3.98. The van der Waals surface area contributed by atoms with Crippen molar-refractivity contribution in [2.75, 3.05) is 26.2 Å².